The molecule has 0 N–H and O–H groups in total. The Kier molecular flexibility index (Phi) is 4.53. The maximum absolute atomic E-state index is 13.1. The Hall–Kier alpha value is -2.07. The number of carbonyl (C=O) groups excluding carboxylic acids is 1. The molecule has 3 nitrogen and oxygen atoms in total. The number of carbonyl (C=O) groups is 1. The van der Waals surface area contributed by atoms with E-state index in [-0.39, 0.29) is 17.8 Å². The van der Waals surface area contributed by atoms with Crippen molar-refractivity contribution >= 4 is 17.5 Å². The van der Waals surface area contributed by atoms with Crippen LogP contribution in [0.25, 0.3) is 0 Å². The summed E-state index contributed by atoms with van der Waals surface area (Å²) in [6.07, 6.45) is 0.679. The number of halogens is 2. The van der Waals surface area contributed by atoms with Crippen LogP contribution in [0.3, 0.4) is 0 Å². The predicted molar refractivity (Wildman–Crippen MR) is 87.3 cm³/mol. The first-order valence-electron chi connectivity index (χ1n) is 7.56. The molecule has 1 aliphatic heterocycles. The molecule has 0 spiro atoms. The third-order valence-corrected chi connectivity index (χ3v) is 4.18. The third-order valence-electron chi connectivity index (χ3n) is 3.94. The average Bonchev–Trinajstić information content (AvgIpc) is 2.73. The van der Waals surface area contributed by atoms with Gasteiger partial charge in [0.1, 0.15) is 17.7 Å². The van der Waals surface area contributed by atoms with Crippen LogP contribution in [0.4, 0.5) is 4.39 Å². The zero-order valence-corrected chi connectivity index (χ0v) is 13.5. The van der Waals surface area contributed by atoms with Gasteiger partial charge in [0.2, 0.25) is 0 Å². The lowest BCUT2D eigenvalue weighted by atomic mass is 10.1. The van der Waals surface area contributed by atoms with Gasteiger partial charge in [0.25, 0.3) is 5.91 Å². The summed E-state index contributed by atoms with van der Waals surface area (Å²) in [6.45, 7) is 2.94. The first-order chi connectivity index (χ1) is 11.1. The van der Waals surface area contributed by atoms with Gasteiger partial charge in [-0.1, -0.05) is 24.6 Å². The summed E-state index contributed by atoms with van der Waals surface area (Å²) < 4.78 is 19.0. The second kappa shape index (κ2) is 6.59. The van der Waals surface area contributed by atoms with Crippen LogP contribution >= 0.6 is 11.6 Å². The fraction of sp³-hybridized carbons (Fsp3) is 0.278. The highest BCUT2D eigenvalue weighted by molar-refractivity contribution is 6.30. The zero-order chi connectivity index (χ0) is 16.4. The Labute approximate surface area is 139 Å². The fourth-order valence-corrected chi connectivity index (χ4v) is 2.81. The van der Waals surface area contributed by atoms with E-state index >= 15 is 0 Å². The minimum Gasteiger partial charge on any atom is -0.488 e. The first-order valence-corrected chi connectivity index (χ1v) is 7.94. The van der Waals surface area contributed by atoms with E-state index in [2.05, 4.69) is 0 Å². The maximum Gasteiger partial charge on any atom is 0.254 e. The molecule has 3 rings (SSSR count). The molecule has 1 heterocycles. The van der Waals surface area contributed by atoms with E-state index < -0.39 is 0 Å². The van der Waals surface area contributed by atoms with Gasteiger partial charge in [0.15, 0.2) is 0 Å². The molecule has 120 valence electrons. The normalized spacial score (nSPS) is 17.2. The first kappa shape index (κ1) is 15.8. The summed E-state index contributed by atoms with van der Waals surface area (Å²) in [6, 6.07) is 11.1. The summed E-state index contributed by atoms with van der Waals surface area (Å²) in [5, 5.41) is 0.608. The van der Waals surface area contributed by atoms with Crippen molar-refractivity contribution in [2.75, 3.05) is 6.54 Å². The van der Waals surface area contributed by atoms with Crippen molar-refractivity contribution in [2.45, 2.75) is 26.0 Å². The minimum atomic E-state index is -0.354. The predicted octanol–water partition coefficient (Wildman–Crippen LogP) is 4.29. The Balaban J connectivity index is 1.91. The highest BCUT2D eigenvalue weighted by Gasteiger charge is 2.26. The highest BCUT2D eigenvalue weighted by atomic mass is 35.5. The van der Waals surface area contributed by atoms with Crippen molar-refractivity contribution in [3.05, 3.63) is 64.4 Å². The van der Waals surface area contributed by atoms with E-state index in [0.29, 0.717) is 23.7 Å². The molecule has 0 fully saturated rings. The van der Waals surface area contributed by atoms with Crippen LogP contribution in [0.2, 0.25) is 5.02 Å². The molecule has 23 heavy (non-hydrogen) atoms. The molecule has 1 unspecified atom stereocenters. The van der Waals surface area contributed by atoms with Crippen LogP contribution in [0.5, 0.6) is 5.75 Å². The van der Waals surface area contributed by atoms with E-state index in [4.69, 9.17) is 16.3 Å². The second-order valence-corrected chi connectivity index (χ2v) is 6.03. The van der Waals surface area contributed by atoms with Crippen LogP contribution in [-0.2, 0) is 6.54 Å². The van der Waals surface area contributed by atoms with Crippen molar-refractivity contribution in [1.82, 2.24) is 4.90 Å². The molecular weight excluding hydrogens is 317 g/mol. The highest BCUT2D eigenvalue weighted by Crippen LogP contribution is 2.29. The summed E-state index contributed by atoms with van der Waals surface area (Å²) in [5.41, 5.74) is 1.39. The van der Waals surface area contributed by atoms with Crippen molar-refractivity contribution in [1.29, 1.82) is 0 Å². The number of ether oxygens (including phenoxy) is 1. The number of nitrogens with zero attached hydrogens (tertiary/aromatic N) is 1. The number of amides is 1. The van der Waals surface area contributed by atoms with Crippen molar-refractivity contribution in [2.24, 2.45) is 0 Å². The number of benzene rings is 2. The maximum atomic E-state index is 13.1. The van der Waals surface area contributed by atoms with E-state index in [1.165, 1.54) is 24.3 Å². The van der Waals surface area contributed by atoms with Gasteiger partial charge in [0.05, 0.1) is 6.54 Å². The largest absolute Gasteiger partial charge is 0.488 e. The molecular formula is C18H17ClFNO2. The summed E-state index contributed by atoms with van der Waals surface area (Å²) in [5.74, 6) is 0.237. The number of fused-ring (bicyclic) bond motifs is 1. The molecule has 0 saturated heterocycles. The molecule has 0 aromatic heterocycles. The van der Waals surface area contributed by atoms with Gasteiger partial charge in [-0.3, -0.25) is 4.79 Å². The molecule has 2 aromatic rings. The number of hydrogen-bond donors (Lipinski definition) is 0. The van der Waals surface area contributed by atoms with Crippen LogP contribution in [-0.4, -0.2) is 23.5 Å². The lowest BCUT2D eigenvalue weighted by Crippen LogP contribution is -2.37. The van der Waals surface area contributed by atoms with Gasteiger partial charge in [0, 0.05) is 22.7 Å². The lowest BCUT2D eigenvalue weighted by molar-refractivity contribution is 0.0674. The molecule has 1 atom stereocenters. The number of hydrogen-bond acceptors (Lipinski definition) is 2. The molecule has 1 amide bonds. The lowest BCUT2D eigenvalue weighted by Gasteiger charge is -2.23. The summed E-state index contributed by atoms with van der Waals surface area (Å²) in [7, 11) is 0. The van der Waals surface area contributed by atoms with Crippen molar-refractivity contribution < 1.29 is 13.9 Å². The van der Waals surface area contributed by atoms with E-state index in [1.54, 1.807) is 17.0 Å². The van der Waals surface area contributed by atoms with Crippen LogP contribution in [0.15, 0.2) is 42.5 Å². The molecule has 1 aliphatic rings. The van der Waals surface area contributed by atoms with E-state index in [1.807, 2.05) is 13.0 Å². The Morgan fingerprint density at radius 1 is 1.30 bits per heavy atom. The topological polar surface area (TPSA) is 29.5 Å². The quantitative estimate of drug-likeness (QED) is 0.820. The monoisotopic (exact) mass is 333 g/mol. The Morgan fingerprint density at radius 2 is 2.04 bits per heavy atom. The SMILES string of the molecule is CCC1CN(C(=O)c2ccc(F)cc2)Cc2ccc(Cl)cc2O1. The molecule has 0 bridgehead atoms. The third kappa shape index (κ3) is 3.48. The van der Waals surface area contributed by atoms with Crippen LogP contribution in [0, 0.1) is 5.82 Å². The van der Waals surface area contributed by atoms with Gasteiger partial charge in [-0.15, -0.1) is 0 Å². The van der Waals surface area contributed by atoms with Gasteiger partial charge < -0.3 is 9.64 Å². The van der Waals surface area contributed by atoms with Crippen molar-refractivity contribution in [3.63, 3.8) is 0 Å². The van der Waals surface area contributed by atoms with Gasteiger partial charge in [-0.05, 0) is 42.8 Å². The van der Waals surface area contributed by atoms with Gasteiger partial charge in [-0.25, -0.2) is 4.39 Å². The van der Waals surface area contributed by atoms with E-state index in [9.17, 15) is 9.18 Å². The Morgan fingerprint density at radius 3 is 2.74 bits per heavy atom. The second-order valence-electron chi connectivity index (χ2n) is 5.59. The summed E-state index contributed by atoms with van der Waals surface area (Å²) >= 11 is 6.03. The van der Waals surface area contributed by atoms with Gasteiger partial charge >= 0.3 is 0 Å². The smallest absolute Gasteiger partial charge is 0.254 e. The Bertz CT molecular complexity index is 717. The molecule has 5 heteroatoms. The minimum absolute atomic E-state index is 0.0980. The van der Waals surface area contributed by atoms with Crippen molar-refractivity contribution in [3.8, 4) is 5.75 Å². The molecule has 0 saturated carbocycles. The van der Waals surface area contributed by atoms with Gasteiger partial charge in [-0.2, -0.15) is 0 Å². The molecule has 2 aromatic carbocycles. The standard InChI is InChI=1S/C18H17ClFNO2/c1-2-16-11-21(18(22)12-4-7-15(20)8-5-12)10-13-3-6-14(19)9-17(13)23-16/h3-9,16H,2,10-11H2,1H3. The molecule has 0 radical (unpaired) electrons. The average molecular weight is 334 g/mol. The fourth-order valence-electron chi connectivity index (χ4n) is 2.64. The molecule has 0 aliphatic carbocycles. The summed E-state index contributed by atoms with van der Waals surface area (Å²) in [4.78, 5) is 14.5. The van der Waals surface area contributed by atoms with E-state index in [0.717, 1.165) is 17.7 Å². The zero-order valence-electron chi connectivity index (χ0n) is 12.8. The van der Waals surface area contributed by atoms with Crippen LogP contribution < -0.4 is 4.74 Å². The number of rotatable bonds is 2. The van der Waals surface area contributed by atoms with Crippen LogP contribution in [0.1, 0.15) is 29.3 Å².